The third-order valence-corrected chi connectivity index (χ3v) is 3.72. The van der Waals surface area contributed by atoms with Gasteiger partial charge in [0.05, 0.1) is 19.3 Å². The Morgan fingerprint density at radius 1 is 1.52 bits per heavy atom. The average Bonchev–Trinajstić information content (AvgIpc) is 3.18. The minimum absolute atomic E-state index is 0.0270. The zero-order valence-corrected chi connectivity index (χ0v) is 11.9. The number of carbonyl (C=O) groups excluding carboxylic acids is 1. The second-order valence-electron chi connectivity index (χ2n) is 5.04. The zero-order chi connectivity index (χ0) is 14.7. The Morgan fingerprint density at radius 2 is 2.43 bits per heavy atom. The number of methoxy groups -OCH3 is 1. The summed E-state index contributed by atoms with van der Waals surface area (Å²) in [5, 5.41) is 0. The number of carbonyl (C=O) groups is 1. The molecule has 1 fully saturated rings. The lowest BCUT2D eigenvalue weighted by Crippen LogP contribution is -2.42. The van der Waals surface area contributed by atoms with Gasteiger partial charge >= 0.3 is 0 Å². The van der Waals surface area contributed by atoms with Crippen LogP contribution in [0.25, 0.3) is 11.1 Å². The first-order chi connectivity index (χ1) is 10.3. The second-order valence-corrected chi connectivity index (χ2v) is 5.04. The van der Waals surface area contributed by atoms with Gasteiger partial charge < -0.3 is 18.8 Å². The Morgan fingerprint density at radius 3 is 3.19 bits per heavy atom. The van der Waals surface area contributed by atoms with E-state index in [4.69, 9.17) is 13.9 Å². The van der Waals surface area contributed by atoms with Gasteiger partial charge in [0.15, 0.2) is 12.0 Å². The SMILES string of the molecule is COCCN(C(=O)c1ccc2ncoc2c1)[C@@H]1CCOC1. The molecule has 0 aliphatic carbocycles. The maximum absolute atomic E-state index is 12.8. The van der Waals surface area contributed by atoms with E-state index in [0.717, 1.165) is 11.9 Å². The molecule has 1 aliphatic heterocycles. The molecule has 0 bridgehead atoms. The lowest BCUT2D eigenvalue weighted by atomic mass is 10.1. The number of rotatable bonds is 5. The van der Waals surface area contributed by atoms with Crippen LogP contribution in [0, 0.1) is 0 Å². The average molecular weight is 290 g/mol. The summed E-state index contributed by atoms with van der Waals surface area (Å²) in [6, 6.07) is 5.42. The maximum atomic E-state index is 12.8. The quantitative estimate of drug-likeness (QED) is 0.838. The molecule has 1 amide bonds. The standard InChI is InChI=1S/C15H18N2O4/c1-19-7-5-17(12-4-6-20-9-12)15(18)11-2-3-13-14(8-11)21-10-16-13/h2-3,8,10,12H,4-7,9H2,1H3/t12-/m1/s1. The lowest BCUT2D eigenvalue weighted by molar-refractivity contribution is 0.0576. The van der Waals surface area contributed by atoms with E-state index in [1.165, 1.54) is 6.39 Å². The van der Waals surface area contributed by atoms with E-state index in [0.29, 0.717) is 37.5 Å². The summed E-state index contributed by atoms with van der Waals surface area (Å²) < 4.78 is 15.8. The molecular weight excluding hydrogens is 272 g/mol. The molecule has 0 spiro atoms. The van der Waals surface area contributed by atoms with Crippen molar-refractivity contribution in [2.24, 2.45) is 0 Å². The molecule has 1 aromatic carbocycles. The molecule has 6 nitrogen and oxygen atoms in total. The number of hydrogen-bond acceptors (Lipinski definition) is 5. The molecule has 0 saturated carbocycles. The first kappa shape index (κ1) is 14.0. The van der Waals surface area contributed by atoms with Gasteiger partial charge in [0.1, 0.15) is 5.52 Å². The second kappa shape index (κ2) is 6.24. The van der Waals surface area contributed by atoms with E-state index in [9.17, 15) is 4.79 Å². The summed E-state index contributed by atoms with van der Waals surface area (Å²) in [7, 11) is 1.63. The monoisotopic (exact) mass is 290 g/mol. The highest BCUT2D eigenvalue weighted by Gasteiger charge is 2.28. The number of fused-ring (bicyclic) bond motifs is 1. The fraction of sp³-hybridized carbons (Fsp3) is 0.467. The molecule has 21 heavy (non-hydrogen) atoms. The van der Waals surface area contributed by atoms with Crippen LogP contribution in [0.4, 0.5) is 0 Å². The van der Waals surface area contributed by atoms with Crippen LogP contribution in [-0.2, 0) is 9.47 Å². The van der Waals surface area contributed by atoms with E-state index in [-0.39, 0.29) is 11.9 Å². The summed E-state index contributed by atoms with van der Waals surface area (Å²) in [4.78, 5) is 18.6. The summed E-state index contributed by atoms with van der Waals surface area (Å²) in [5.74, 6) is -0.0270. The normalized spacial score (nSPS) is 18.2. The number of oxazole rings is 1. The Hall–Kier alpha value is -1.92. The first-order valence-electron chi connectivity index (χ1n) is 7.00. The van der Waals surface area contributed by atoms with Gasteiger partial charge in [0.25, 0.3) is 5.91 Å². The minimum Gasteiger partial charge on any atom is -0.443 e. The van der Waals surface area contributed by atoms with Crippen molar-refractivity contribution in [3.8, 4) is 0 Å². The van der Waals surface area contributed by atoms with E-state index < -0.39 is 0 Å². The minimum atomic E-state index is -0.0270. The number of hydrogen-bond donors (Lipinski definition) is 0. The van der Waals surface area contributed by atoms with Crippen LogP contribution in [0.1, 0.15) is 16.8 Å². The van der Waals surface area contributed by atoms with Gasteiger partial charge in [-0.05, 0) is 24.6 Å². The summed E-state index contributed by atoms with van der Waals surface area (Å²) in [5.41, 5.74) is 1.97. The Balaban J connectivity index is 1.84. The van der Waals surface area contributed by atoms with Crippen LogP contribution in [-0.4, -0.2) is 55.3 Å². The third-order valence-electron chi connectivity index (χ3n) is 3.72. The van der Waals surface area contributed by atoms with Crippen LogP contribution < -0.4 is 0 Å². The Bertz CT molecular complexity index is 619. The van der Waals surface area contributed by atoms with Crippen molar-refractivity contribution in [3.05, 3.63) is 30.2 Å². The van der Waals surface area contributed by atoms with Gasteiger partial charge in [-0.1, -0.05) is 0 Å². The van der Waals surface area contributed by atoms with Crippen molar-refractivity contribution < 1.29 is 18.7 Å². The number of ether oxygens (including phenoxy) is 2. The number of nitrogens with zero attached hydrogens (tertiary/aromatic N) is 2. The largest absolute Gasteiger partial charge is 0.443 e. The smallest absolute Gasteiger partial charge is 0.254 e. The molecule has 1 saturated heterocycles. The fourth-order valence-corrected chi connectivity index (χ4v) is 2.56. The Labute approximate surface area is 122 Å². The molecule has 112 valence electrons. The molecule has 1 aromatic heterocycles. The zero-order valence-electron chi connectivity index (χ0n) is 11.9. The van der Waals surface area contributed by atoms with Crippen molar-refractivity contribution in [1.29, 1.82) is 0 Å². The lowest BCUT2D eigenvalue weighted by Gasteiger charge is -2.27. The molecule has 1 atom stereocenters. The van der Waals surface area contributed by atoms with Gasteiger partial charge in [-0.2, -0.15) is 0 Å². The van der Waals surface area contributed by atoms with Crippen LogP contribution >= 0.6 is 0 Å². The van der Waals surface area contributed by atoms with Gasteiger partial charge in [-0.25, -0.2) is 4.98 Å². The molecular formula is C15H18N2O4. The predicted molar refractivity (Wildman–Crippen MR) is 76.1 cm³/mol. The topological polar surface area (TPSA) is 64.8 Å². The van der Waals surface area contributed by atoms with E-state index >= 15 is 0 Å². The van der Waals surface area contributed by atoms with Crippen molar-refractivity contribution in [2.75, 3.05) is 33.5 Å². The molecule has 3 rings (SSSR count). The van der Waals surface area contributed by atoms with Gasteiger partial charge in [-0.15, -0.1) is 0 Å². The highest BCUT2D eigenvalue weighted by Crippen LogP contribution is 2.19. The van der Waals surface area contributed by atoms with Crippen LogP contribution in [0.5, 0.6) is 0 Å². The highest BCUT2D eigenvalue weighted by molar-refractivity contribution is 5.97. The first-order valence-corrected chi connectivity index (χ1v) is 7.00. The fourth-order valence-electron chi connectivity index (χ4n) is 2.56. The molecule has 0 N–H and O–H groups in total. The number of amides is 1. The van der Waals surface area contributed by atoms with Crippen molar-refractivity contribution >= 4 is 17.0 Å². The van der Waals surface area contributed by atoms with Gasteiger partial charge in [-0.3, -0.25) is 4.79 Å². The summed E-state index contributed by atoms with van der Waals surface area (Å²) >= 11 is 0. The molecule has 2 aromatic rings. The van der Waals surface area contributed by atoms with Crippen LogP contribution in [0.2, 0.25) is 0 Å². The molecule has 0 unspecified atom stereocenters. The van der Waals surface area contributed by atoms with Crippen molar-refractivity contribution in [3.63, 3.8) is 0 Å². The Kier molecular flexibility index (Phi) is 4.17. The summed E-state index contributed by atoms with van der Waals surface area (Å²) in [6.45, 7) is 2.34. The van der Waals surface area contributed by atoms with Gasteiger partial charge in [0.2, 0.25) is 0 Å². The molecule has 1 aliphatic rings. The van der Waals surface area contributed by atoms with Gasteiger partial charge in [0, 0.05) is 25.8 Å². The van der Waals surface area contributed by atoms with E-state index in [1.807, 2.05) is 4.90 Å². The van der Waals surface area contributed by atoms with E-state index in [1.54, 1.807) is 25.3 Å². The van der Waals surface area contributed by atoms with Crippen molar-refractivity contribution in [2.45, 2.75) is 12.5 Å². The van der Waals surface area contributed by atoms with Crippen molar-refractivity contribution in [1.82, 2.24) is 9.88 Å². The van der Waals surface area contributed by atoms with Crippen LogP contribution in [0.3, 0.4) is 0 Å². The maximum Gasteiger partial charge on any atom is 0.254 e. The van der Waals surface area contributed by atoms with Crippen LogP contribution in [0.15, 0.2) is 29.0 Å². The molecule has 0 radical (unpaired) electrons. The molecule has 2 heterocycles. The van der Waals surface area contributed by atoms with E-state index in [2.05, 4.69) is 4.98 Å². The molecule has 6 heteroatoms. The predicted octanol–water partition coefficient (Wildman–Crippen LogP) is 1.71. The highest BCUT2D eigenvalue weighted by atomic mass is 16.5. The number of benzene rings is 1. The number of aromatic nitrogens is 1. The third kappa shape index (κ3) is 2.91. The summed E-state index contributed by atoms with van der Waals surface area (Å²) in [6.07, 6.45) is 2.24.